The Bertz CT molecular complexity index is 173. The van der Waals surface area contributed by atoms with Gasteiger partial charge in [-0.3, -0.25) is 0 Å². The first-order valence-corrected chi connectivity index (χ1v) is 3.69. The first-order chi connectivity index (χ1) is 5.06. The molecule has 0 unspecified atom stereocenters. The SMILES string of the molecule is C=CC(=C)C[C@H](O)C=C(C)C. The van der Waals surface area contributed by atoms with Gasteiger partial charge in [-0.05, 0) is 13.8 Å². The Balaban J connectivity index is 3.87. The van der Waals surface area contributed by atoms with Crippen LogP contribution in [0, 0.1) is 0 Å². The zero-order valence-corrected chi connectivity index (χ0v) is 7.30. The van der Waals surface area contributed by atoms with E-state index in [-0.39, 0.29) is 0 Å². The average molecular weight is 152 g/mol. The maximum atomic E-state index is 9.34. The molecule has 0 aliphatic carbocycles. The molecule has 0 spiro atoms. The summed E-state index contributed by atoms with van der Waals surface area (Å²) >= 11 is 0. The van der Waals surface area contributed by atoms with Crippen molar-refractivity contribution in [2.75, 3.05) is 0 Å². The normalized spacial score (nSPS) is 11.9. The lowest BCUT2D eigenvalue weighted by Gasteiger charge is -2.05. The minimum Gasteiger partial charge on any atom is -0.389 e. The lowest BCUT2D eigenvalue weighted by molar-refractivity contribution is 0.224. The molecule has 1 atom stereocenters. The Morgan fingerprint density at radius 3 is 2.45 bits per heavy atom. The second kappa shape index (κ2) is 4.91. The summed E-state index contributed by atoms with van der Waals surface area (Å²) < 4.78 is 0. The van der Waals surface area contributed by atoms with Crippen molar-refractivity contribution in [2.45, 2.75) is 26.4 Å². The van der Waals surface area contributed by atoms with Crippen LogP contribution < -0.4 is 0 Å². The van der Waals surface area contributed by atoms with Gasteiger partial charge in [-0.15, -0.1) is 0 Å². The second-order valence-electron chi connectivity index (χ2n) is 2.88. The van der Waals surface area contributed by atoms with Gasteiger partial charge in [0, 0.05) is 6.42 Å². The zero-order chi connectivity index (χ0) is 8.85. The molecular formula is C10H16O. The van der Waals surface area contributed by atoms with Gasteiger partial charge in [0.1, 0.15) is 0 Å². The smallest absolute Gasteiger partial charge is 0.0763 e. The fraction of sp³-hybridized carbons (Fsp3) is 0.400. The molecule has 0 aromatic carbocycles. The van der Waals surface area contributed by atoms with Crippen LogP contribution in [0.1, 0.15) is 20.3 Å². The average Bonchev–Trinajstić information content (AvgIpc) is 1.85. The van der Waals surface area contributed by atoms with E-state index >= 15 is 0 Å². The quantitative estimate of drug-likeness (QED) is 0.484. The topological polar surface area (TPSA) is 20.2 Å². The van der Waals surface area contributed by atoms with Gasteiger partial charge in [0.15, 0.2) is 0 Å². The van der Waals surface area contributed by atoms with Crippen LogP contribution in [-0.2, 0) is 0 Å². The monoisotopic (exact) mass is 152 g/mol. The van der Waals surface area contributed by atoms with Crippen molar-refractivity contribution in [3.63, 3.8) is 0 Å². The van der Waals surface area contributed by atoms with E-state index in [2.05, 4.69) is 13.2 Å². The van der Waals surface area contributed by atoms with E-state index in [9.17, 15) is 5.11 Å². The molecule has 11 heavy (non-hydrogen) atoms. The van der Waals surface area contributed by atoms with Crippen LogP contribution in [0.3, 0.4) is 0 Å². The third kappa shape index (κ3) is 5.62. The van der Waals surface area contributed by atoms with Gasteiger partial charge in [0.2, 0.25) is 0 Å². The van der Waals surface area contributed by atoms with Crippen LogP contribution in [-0.4, -0.2) is 11.2 Å². The number of aliphatic hydroxyl groups is 1. The van der Waals surface area contributed by atoms with E-state index in [0.29, 0.717) is 6.42 Å². The third-order valence-electron chi connectivity index (χ3n) is 1.29. The number of rotatable bonds is 4. The molecule has 0 heterocycles. The summed E-state index contributed by atoms with van der Waals surface area (Å²) in [6, 6.07) is 0. The first-order valence-electron chi connectivity index (χ1n) is 3.69. The Morgan fingerprint density at radius 1 is 1.55 bits per heavy atom. The molecule has 0 rings (SSSR count). The fourth-order valence-electron chi connectivity index (χ4n) is 0.796. The molecule has 0 bridgehead atoms. The lowest BCUT2D eigenvalue weighted by atomic mass is 10.1. The predicted molar refractivity (Wildman–Crippen MR) is 49.4 cm³/mol. The highest BCUT2D eigenvalue weighted by Crippen LogP contribution is 2.06. The molecule has 1 N–H and O–H groups in total. The Labute approximate surface area is 68.7 Å². The first kappa shape index (κ1) is 10.2. The van der Waals surface area contributed by atoms with Gasteiger partial charge >= 0.3 is 0 Å². The summed E-state index contributed by atoms with van der Waals surface area (Å²) in [6.45, 7) is 11.2. The highest BCUT2D eigenvalue weighted by Gasteiger charge is 1.99. The molecule has 1 heteroatoms. The van der Waals surface area contributed by atoms with Gasteiger partial charge in [0.25, 0.3) is 0 Å². The Kier molecular flexibility index (Phi) is 4.55. The molecule has 0 radical (unpaired) electrons. The molecule has 0 fully saturated rings. The van der Waals surface area contributed by atoms with Crippen molar-refractivity contribution < 1.29 is 5.11 Å². The number of allylic oxidation sites excluding steroid dienone is 2. The van der Waals surface area contributed by atoms with Gasteiger partial charge in [-0.1, -0.05) is 36.5 Å². The molecule has 0 aromatic heterocycles. The van der Waals surface area contributed by atoms with Crippen molar-refractivity contribution in [1.29, 1.82) is 0 Å². The van der Waals surface area contributed by atoms with Crippen LogP contribution in [0.5, 0.6) is 0 Å². The largest absolute Gasteiger partial charge is 0.389 e. The second-order valence-corrected chi connectivity index (χ2v) is 2.88. The molecule has 1 nitrogen and oxygen atoms in total. The van der Waals surface area contributed by atoms with Crippen molar-refractivity contribution >= 4 is 0 Å². The summed E-state index contributed by atoms with van der Waals surface area (Å²) in [5.41, 5.74) is 1.99. The highest BCUT2D eigenvalue weighted by atomic mass is 16.3. The third-order valence-corrected chi connectivity index (χ3v) is 1.29. The van der Waals surface area contributed by atoms with E-state index in [1.54, 1.807) is 6.08 Å². The maximum Gasteiger partial charge on any atom is 0.0763 e. The molecule has 0 saturated carbocycles. The van der Waals surface area contributed by atoms with E-state index in [0.717, 1.165) is 11.1 Å². The van der Waals surface area contributed by atoms with Gasteiger partial charge in [-0.25, -0.2) is 0 Å². The van der Waals surface area contributed by atoms with Crippen LogP contribution in [0.2, 0.25) is 0 Å². The standard InChI is InChI=1S/C10H16O/c1-5-9(4)7-10(11)6-8(2)3/h5-6,10-11H,1,4,7H2,2-3H3/t10-/m1/s1. The van der Waals surface area contributed by atoms with Gasteiger partial charge in [0.05, 0.1) is 6.10 Å². The minimum absolute atomic E-state index is 0.412. The Morgan fingerprint density at radius 2 is 2.09 bits per heavy atom. The van der Waals surface area contributed by atoms with Crippen LogP contribution >= 0.6 is 0 Å². The van der Waals surface area contributed by atoms with E-state index in [1.165, 1.54) is 0 Å². The van der Waals surface area contributed by atoms with Crippen molar-refractivity contribution in [2.24, 2.45) is 0 Å². The minimum atomic E-state index is -0.412. The number of hydrogen-bond acceptors (Lipinski definition) is 1. The molecular weight excluding hydrogens is 136 g/mol. The van der Waals surface area contributed by atoms with Crippen molar-refractivity contribution in [3.8, 4) is 0 Å². The van der Waals surface area contributed by atoms with E-state index in [1.807, 2.05) is 19.9 Å². The van der Waals surface area contributed by atoms with Crippen molar-refractivity contribution in [1.82, 2.24) is 0 Å². The predicted octanol–water partition coefficient (Wildman–Crippen LogP) is 2.45. The van der Waals surface area contributed by atoms with E-state index in [4.69, 9.17) is 0 Å². The Hall–Kier alpha value is -0.820. The molecule has 0 aliphatic heterocycles. The van der Waals surface area contributed by atoms with Gasteiger partial charge in [-0.2, -0.15) is 0 Å². The molecule has 0 amide bonds. The molecule has 62 valence electrons. The lowest BCUT2D eigenvalue weighted by Crippen LogP contribution is -2.02. The zero-order valence-electron chi connectivity index (χ0n) is 7.30. The summed E-state index contributed by atoms with van der Waals surface area (Å²) in [5.74, 6) is 0. The van der Waals surface area contributed by atoms with Crippen LogP contribution in [0.4, 0.5) is 0 Å². The summed E-state index contributed by atoms with van der Waals surface area (Å²) in [4.78, 5) is 0. The molecule has 0 saturated heterocycles. The maximum absolute atomic E-state index is 9.34. The van der Waals surface area contributed by atoms with Crippen LogP contribution in [0.15, 0.2) is 36.5 Å². The highest BCUT2D eigenvalue weighted by molar-refractivity contribution is 5.14. The fourth-order valence-corrected chi connectivity index (χ4v) is 0.796. The summed E-state index contributed by atoms with van der Waals surface area (Å²) in [7, 11) is 0. The summed E-state index contributed by atoms with van der Waals surface area (Å²) in [6.07, 6.45) is 3.65. The number of aliphatic hydroxyl groups excluding tert-OH is 1. The molecule has 0 aliphatic rings. The molecule has 0 aromatic rings. The number of hydrogen-bond donors (Lipinski definition) is 1. The van der Waals surface area contributed by atoms with E-state index < -0.39 is 6.10 Å². The van der Waals surface area contributed by atoms with Gasteiger partial charge < -0.3 is 5.11 Å². The van der Waals surface area contributed by atoms with Crippen LogP contribution in [0.25, 0.3) is 0 Å². The van der Waals surface area contributed by atoms with Crippen molar-refractivity contribution in [3.05, 3.63) is 36.5 Å². The summed E-state index contributed by atoms with van der Waals surface area (Å²) in [5, 5.41) is 9.34.